The number of fused-ring (bicyclic) bond motifs is 2. The second kappa shape index (κ2) is 11.1. The van der Waals surface area contributed by atoms with E-state index in [1.54, 1.807) is 41.5 Å². The van der Waals surface area contributed by atoms with E-state index in [1.807, 2.05) is 32.9 Å². The van der Waals surface area contributed by atoms with Crippen molar-refractivity contribution < 1.29 is 27.5 Å². The first-order valence-corrected chi connectivity index (χ1v) is 16.6. The number of nitrogens with zero attached hydrogens (tertiary/aromatic N) is 3. The van der Waals surface area contributed by atoms with Crippen LogP contribution in [0.2, 0.25) is 0 Å². The molecule has 42 heavy (non-hydrogen) atoms. The lowest BCUT2D eigenvalue weighted by atomic mass is 9.95. The highest BCUT2D eigenvalue weighted by molar-refractivity contribution is 7.89. The number of esters is 1. The second-order valence-electron chi connectivity index (χ2n) is 10.9. The molecule has 1 saturated heterocycles. The summed E-state index contributed by atoms with van der Waals surface area (Å²) in [5.41, 5.74) is 6.09. The molecule has 0 N–H and O–H groups in total. The topological polar surface area (TPSA) is 98.2 Å². The summed E-state index contributed by atoms with van der Waals surface area (Å²) in [6.07, 6.45) is 5.81. The number of morpholine rings is 1. The van der Waals surface area contributed by atoms with Crippen LogP contribution in [0.3, 0.4) is 0 Å². The number of hydrogen-bond donors (Lipinski definition) is 0. The summed E-state index contributed by atoms with van der Waals surface area (Å²) >= 11 is 1.65. The van der Waals surface area contributed by atoms with Crippen molar-refractivity contribution in [1.29, 1.82) is 0 Å². The number of aromatic nitrogens is 1. The van der Waals surface area contributed by atoms with E-state index in [4.69, 9.17) is 9.47 Å². The Hall–Kier alpha value is -3.25. The summed E-state index contributed by atoms with van der Waals surface area (Å²) in [6.45, 7) is 7.41. The summed E-state index contributed by atoms with van der Waals surface area (Å²) in [4.78, 5) is 29.6. The van der Waals surface area contributed by atoms with E-state index in [9.17, 15) is 18.0 Å². The lowest BCUT2D eigenvalue weighted by Gasteiger charge is -2.26. The number of carbonyl (C=O) groups is 2. The number of aryl methyl sites for hydroxylation is 2. The Labute approximate surface area is 250 Å². The molecule has 2 aliphatic heterocycles. The summed E-state index contributed by atoms with van der Waals surface area (Å²) in [6, 6.07) is 6.89. The van der Waals surface area contributed by atoms with Gasteiger partial charge in [-0.3, -0.25) is 4.79 Å². The normalized spacial score (nSPS) is 18.4. The molecule has 0 saturated carbocycles. The van der Waals surface area contributed by atoms with Crippen molar-refractivity contribution in [3.8, 4) is 5.00 Å². The van der Waals surface area contributed by atoms with Gasteiger partial charge >= 0.3 is 5.97 Å². The lowest BCUT2D eigenvalue weighted by Crippen LogP contribution is -2.40. The monoisotopic (exact) mass is 609 g/mol. The largest absolute Gasteiger partial charge is 0.462 e. The first-order chi connectivity index (χ1) is 20.1. The van der Waals surface area contributed by atoms with Gasteiger partial charge in [-0.25, -0.2) is 13.2 Å². The zero-order chi connectivity index (χ0) is 29.8. The number of carbonyl (C=O) groups excluding carboxylic acids is 2. The molecule has 2 aromatic heterocycles. The van der Waals surface area contributed by atoms with Gasteiger partial charge in [0.2, 0.25) is 10.0 Å². The molecule has 1 aromatic carbocycles. The van der Waals surface area contributed by atoms with Crippen LogP contribution in [0.15, 0.2) is 29.2 Å². The van der Waals surface area contributed by atoms with Crippen LogP contribution in [-0.2, 0) is 37.1 Å². The Kier molecular flexibility index (Phi) is 7.63. The van der Waals surface area contributed by atoms with Crippen LogP contribution in [0.25, 0.3) is 16.7 Å². The third kappa shape index (κ3) is 4.72. The first kappa shape index (κ1) is 28.9. The third-order valence-electron chi connectivity index (χ3n) is 8.37. The second-order valence-corrected chi connectivity index (χ2v) is 13.9. The Bertz CT molecular complexity index is 1730. The fraction of sp³-hybridized carbons (Fsp3) is 0.419. The van der Waals surface area contributed by atoms with Gasteiger partial charge in [-0.1, -0.05) is 0 Å². The van der Waals surface area contributed by atoms with Gasteiger partial charge in [0, 0.05) is 47.5 Å². The van der Waals surface area contributed by atoms with Gasteiger partial charge in [-0.15, -0.1) is 11.3 Å². The van der Waals surface area contributed by atoms with E-state index < -0.39 is 10.0 Å². The minimum atomic E-state index is -3.73. The van der Waals surface area contributed by atoms with E-state index in [0.717, 1.165) is 53.2 Å². The molecule has 9 nitrogen and oxygen atoms in total. The smallest absolute Gasteiger partial charge is 0.341 e. The molecular weight excluding hydrogens is 574 g/mol. The number of amides is 1. The maximum Gasteiger partial charge on any atom is 0.341 e. The number of anilines is 1. The van der Waals surface area contributed by atoms with E-state index >= 15 is 0 Å². The maximum atomic E-state index is 13.5. The van der Waals surface area contributed by atoms with E-state index in [2.05, 4.69) is 4.57 Å². The number of rotatable bonds is 6. The number of sulfonamides is 1. The molecule has 11 heteroatoms. The predicted molar refractivity (Wildman–Crippen MR) is 163 cm³/mol. The highest BCUT2D eigenvalue weighted by atomic mass is 32.2. The van der Waals surface area contributed by atoms with Gasteiger partial charge in [0.05, 0.1) is 36.0 Å². The summed E-state index contributed by atoms with van der Waals surface area (Å²) < 4.78 is 41.1. The van der Waals surface area contributed by atoms with Crippen molar-refractivity contribution in [2.45, 2.75) is 51.3 Å². The molecule has 3 aromatic rings. The van der Waals surface area contributed by atoms with Crippen LogP contribution in [0.4, 0.5) is 5.69 Å². The van der Waals surface area contributed by atoms with Gasteiger partial charge < -0.3 is 18.9 Å². The van der Waals surface area contributed by atoms with Gasteiger partial charge in [-0.05, 0) is 87.9 Å². The van der Waals surface area contributed by atoms with Crippen molar-refractivity contribution in [2.24, 2.45) is 0 Å². The van der Waals surface area contributed by atoms with Crippen LogP contribution in [0.5, 0.6) is 0 Å². The molecule has 6 rings (SSSR count). The molecule has 0 unspecified atom stereocenters. The fourth-order valence-corrected chi connectivity index (χ4v) is 9.11. The Balaban J connectivity index is 1.44. The van der Waals surface area contributed by atoms with Gasteiger partial charge in [0.25, 0.3) is 5.91 Å². The van der Waals surface area contributed by atoms with Gasteiger partial charge in [0.1, 0.15) is 5.00 Å². The Morgan fingerprint density at radius 2 is 1.86 bits per heavy atom. The molecule has 222 valence electrons. The van der Waals surface area contributed by atoms with Crippen LogP contribution in [-0.4, -0.2) is 69.1 Å². The highest BCUT2D eigenvalue weighted by Crippen LogP contribution is 2.42. The maximum absolute atomic E-state index is 13.5. The molecule has 0 radical (unpaired) electrons. The average Bonchev–Trinajstić information content (AvgIpc) is 3.58. The molecule has 4 heterocycles. The van der Waals surface area contributed by atoms with Crippen molar-refractivity contribution in [3.05, 3.63) is 62.8 Å². The fourth-order valence-electron chi connectivity index (χ4n) is 6.19. The summed E-state index contributed by atoms with van der Waals surface area (Å²) in [5.74, 6) is -0.496. The molecule has 0 bridgehead atoms. The van der Waals surface area contributed by atoms with E-state index in [-0.39, 0.29) is 16.8 Å². The van der Waals surface area contributed by atoms with Crippen molar-refractivity contribution in [2.75, 3.05) is 44.9 Å². The zero-order valence-corrected chi connectivity index (χ0v) is 26.0. The molecule has 1 amide bonds. The predicted octanol–water partition coefficient (Wildman–Crippen LogP) is 4.75. The molecule has 0 atom stereocenters. The van der Waals surface area contributed by atoms with E-state index in [1.165, 1.54) is 9.18 Å². The first-order valence-electron chi connectivity index (χ1n) is 14.4. The molecule has 0 spiro atoms. The van der Waals surface area contributed by atoms with Crippen molar-refractivity contribution in [3.63, 3.8) is 0 Å². The van der Waals surface area contributed by atoms with E-state index in [0.29, 0.717) is 55.3 Å². The standard InChI is InChI=1S/C31H35N3O6S2/c1-5-40-31(36)28-23-8-6-7-9-27(23)41-30(28)34-19(2)16-21(20(34)3)17-25-24-18-22(10-11-26(24)32(4)29(25)35)42(37,38)33-12-14-39-15-13-33/h10-11,16-18H,5-9,12-15H2,1-4H3. The molecule has 1 aliphatic carbocycles. The SMILES string of the molecule is CCOC(=O)c1c(-n2c(C)cc(C=C3C(=O)N(C)c4ccc(S(=O)(=O)N5CCOCC5)cc43)c2C)sc2c1CCCC2. The lowest BCUT2D eigenvalue weighted by molar-refractivity contribution is -0.112. The van der Waals surface area contributed by atoms with Crippen LogP contribution in [0, 0.1) is 13.8 Å². The Morgan fingerprint density at radius 3 is 2.60 bits per heavy atom. The van der Waals surface area contributed by atoms with Crippen molar-refractivity contribution in [1.82, 2.24) is 8.87 Å². The molecule has 1 fully saturated rings. The average molecular weight is 610 g/mol. The molecular formula is C31H35N3O6S2. The number of hydrogen-bond acceptors (Lipinski definition) is 7. The van der Waals surface area contributed by atoms with Crippen molar-refractivity contribution >= 4 is 50.6 Å². The van der Waals surface area contributed by atoms with Gasteiger partial charge in [0.15, 0.2) is 0 Å². The minimum Gasteiger partial charge on any atom is -0.462 e. The molecule has 3 aliphatic rings. The zero-order valence-electron chi connectivity index (χ0n) is 24.4. The number of ether oxygens (including phenoxy) is 2. The summed E-state index contributed by atoms with van der Waals surface area (Å²) in [7, 11) is -2.03. The number of thiophene rings is 1. The van der Waals surface area contributed by atoms with Crippen LogP contribution >= 0.6 is 11.3 Å². The Morgan fingerprint density at radius 1 is 1.12 bits per heavy atom. The van der Waals surface area contributed by atoms with Crippen LogP contribution in [0.1, 0.15) is 63.1 Å². The van der Waals surface area contributed by atoms with Gasteiger partial charge in [-0.2, -0.15) is 4.31 Å². The third-order valence-corrected chi connectivity index (χ3v) is 11.5. The quantitative estimate of drug-likeness (QED) is 0.296. The number of likely N-dealkylation sites (N-methyl/N-ethyl adjacent to an activating group) is 1. The summed E-state index contributed by atoms with van der Waals surface area (Å²) in [5, 5.41) is 0.856. The van der Waals surface area contributed by atoms with Crippen LogP contribution < -0.4 is 4.90 Å². The minimum absolute atomic E-state index is 0.158. The number of benzene rings is 1. The highest BCUT2D eigenvalue weighted by Gasteiger charge is 2.34.